The van der Waals surface area contributed by atoms with Gasteiger partial charge in [0.05, 0.1) is 5.56 Å². The maximum atomic E-state index is 11.9. The first kappa shape index (κ1) is 12.3. The van der Waals surface area contributed by atoms with Crippen LogP contribution in [-0.4, -0.2) is 10.8 Å². The zero-order valence-corrected chi connectivity index (χ0v) is 10.3. The molecular formula is C14H11ClN2O. The Kier molecular flexibility index (Phi) is 3.75. The average molecular weight is 259 g/mol. The molecule has 0 amide bonds. The van der Waals surface area contributed by atoms with Gasteiger partial charge in [-0.05, 0) is 35.9 Å². The Balaban J connectivity index is 2.20. The van der Waals surface area contributed by atoms with Crippen LogP contribution in [-0.2, 0) is 0 Å². The van der Waals surface area contributed by atoms with Crippen LogP contribution in [0.25, 0.3) is 6.08 Å². The first-order valence-electron chi connectivity index (χ1n) is 5.35. The monoisotopic (exact) mass is 258 g/mol. The Morgan fingerprint density at radius 3 is 2.83 bits per heavy atom. The summed E-state index contributed by atoms with van der Waals surface area (Å²) < 4.78 is 0. The second-order valence-electron chi connectivity index (χ2n) is 3.69. The van der Waals surface area contributed by atoms with Crippen LogP contribution in [0.2, 0.25) is 5.02 Å². The molecule has 4 heteroatoms. The van der Waals surface area contributed by atoms with E-state index in [4.69, 9.17) is 17.3 Å². The molecule has 0 fully saturated rings. The number of benzene rings is 1. The Labute approximate surface area is 110 Å². The lowest BCUT2D eigenvalue weighted by Gasteiger charge is -1.99. The summed E-state index contributed by atoms with van der Waals surface area (Å²) in [6, 6.07) is 10.6. The zero-order valence-electron chi connectivity index (χ0n) is 9.51. The van der Waals surface area contributed by atoms with Crippen molar-refractivity contribution in [3.63, 3.8) is 0 Å². The number of hydrogen-bond acceptors (Lipinski definition) is 3. The van der Waals surface area contributed by atoms with E-state index in [9.17, 15) is 4.79 Å². The molecule has 1 aromatic heterocycles. The van der Waals surface area contributed by atoms with Crippen molar-refractivity contribution in [3.05, 3.63) is 64.8 Å². The van der Waals surface area contributed by atoms with Crippen LogP contribution in [0.3, 0.4) is 0 Å². The third-order valence-corrected chi connectivity index (χ3v) is 2.61. The number of pyridine rings is 1. The van der Waals surface area contributed by atoms with E-state index in [1.165, 1.54) is 6.08 Å². The number of aromatic nitrogens is 1. The number of nitrogens with two attached hydrogens (primary N) is 1. The number of halogens is 1. The number of nitrogens with zero attached hydrogens (tertiary/aromatic N) is 1. The third kappa shape index (κ3) is 2.96. The standard InChI is InChI=1S/C14H11ClN2O/c15-11-4-1-3-10(9-11)6-7-13(18)12-5-2-8-17-14(12)16/h1-9H,(H2,16,17)/b7-6+. The molecule has 0 radical (unpaired) electrons. The molecule has 0 bridgehead atoms. The molecule has 1 heterocycles. The van der Waals surface area contributed by atoms with Crippen molar-refractivity contribution >= 4 is 29.3 Å². The van der Waals surface area contributed by atoms with Gasteiger partial charge in [-0.25, -0.2) is 4.98 Å². The summed E-state index contributed by atoms with van der Waals surface area (Å²) in [4.78, 5) is 15.8. The summed E-state index contributed by atoms with van der Waals surface area (Å²) in [6.45, 7) is 0. The Hall–Kier alpha value is -2.13. The van der Waals surface area contributed by atoms with E-state index >= 15 is 0 Å². The van der Waals surface area contributed by atoms with Crippen molar-refractivity contribution in [1.82, 2.24) is 4.98 Å². The molecule has 0 aliphatic rings. The second-order valence-corrected chi connectivity index (χ2v) is 4.13. The summed E-state index contributed by atoms with van der Waals surface area (Å²) >= 11 is 5.85. The number of rotatable bonds is 3. The lowest BCUT2D eigenvalue weighted by molar-refractivity contribution is 0.104. The van der Waals surface area contributed by atoms with Crippen LogP contribution in [0, 0.1) is 0 Å². The second kappa shape index (κ2) is 5.47. The van der Waals surface area contributed by atoms with Crippen LogP contribution >= 0.6 is 11.6 Å². The predicted octanol–water partition coefficient (Wildman–Crippen LogP) is 3.21. The third-order valence-electron chi connectivity index (χ3n) is 2.38. The van der Waals surface area contributed by atoms with Crippen molar-refractivity contribution in [2.24, 2.45) is 0 Å². The maximum Gasteiger partial charge on any atom is 0.189 e. The predicted molar refractivity (Wildman–Crippen MR) is 73.5 cm³/mol. The Morgan fingerprint density at radius 1 is 1.28 bits per heavy atom. The van der Waals surface area contributed by atoms with Gasteiger partial charge in [0.15, 0.2) is 5.78 Å². The van der Waals surface area contributed by atoms with E-state index in [1.807, 2.05) is 12.1 Å². The van der Waals surface area contributed by atoms with E-state index in [-0.39, 0.29) is 11.6 Å². The fraction of sp³-hybridized carbons (Fsp3) is 0. The molecule has 0 aliphatic carbocycles. The van der Waals surface area contributed by atoms with Gasteiger partial charge in [-0.15, -0.1) is 0 Å². The minimum absolute atomic E-state index is 0.180. The summed E-state index contributed by atoms with van der Waals surface area (Å²) in [6.07, 6.45) is 4.70. The van der Waals surface area contributed by atoms with E-state index in [0.29, 0.717) is 10.6 Å². The van der Waals surface area contributed by atoms with Gasteiger partial charge in [0.1, 0.15) is 5.82 Å². The van der Waals surface area contributed by atoms with Gasteiger partial charge in [0, 0.05) is 11.2 Å². The number of carbonyl (C=O) groups excluding carboxylic acids is 1. The van der Waals surface area contributed by atoms with Gasteiger partial charge in [-0.1, -0.05) is 29.8 Å². The largest absolute Gasteiger partial charge is 0.383 e. The van der Waals surface area contributed by atoms with Crippen LogP contribution in [0.4, 0.5) is 5.82 Å². The molecule has 0 spiro atoms. The number of allylic oxidation sites excluding steroid dienone is 1. The fourth-order valence-corrected chi connectivity index (χ4v) is 1.70. The minimum atomic E-state index is -0.180. The molecule has 0 saturated heterocycles. The van der Waals surface area contributed by atoms with Gasteiger partial charge < -0.3 is 5.73 Å². The lowest BCUT2D eigenvalue weighted by Crippen LogP contribution is -2.02. The molecule has 0 aliphatic heterocycles. The van der Waals surface area contributed by atoms with Gasteiger partial charge in [-0.2, -0.15) is 0 Å². The number of ketones is 1. The topological polar surface area (TPSA) is 56.0 Å². The first-order chi connectivity index (χ1) is 8.66. The van der Waals surface area contributed by atoms with Gasteiger partial charge >= 0.3 is 0 Å². The summed E-state index contributed by atoms with van der Waals surface area (Å²) in [5, 5.41) is 0.630. The highest BCUT2D eigenvalue weighted by molar-refractivity contribution is 6.30. The van der Waals surface area contributed by atoms with Gasteiger partial charge in [0.25, 0.3) is 0 Å². The molecule has 2 N–H and O–H groups in total. The van der Waals surface area contributed by atoms with Gasteiger partial charge in [0.2, 0.25) is 0 Å². The molecule has 0 atom stereocenters. The van der Waals surface area contributed by atoms with Crippen molar-refractivity contribution in [2.75, 3.05) is 5.73 Å². The average Bonchev–Trinajstić information content (AvgIpc) is 2.37. The van der Waals surface area contributed by atoms with Gasteiger partial charge in [-0.3, -0.25) is 4.79 Å². The number of anilines is 1. The first-order valence-corrected chi connectivity index (χ1v) is 5.73. The van der Waals surface area contributed by atoms with Crippen LogP contribution in [0.5, 0.6) is 0 Å². The molecule has 18 heavy (non-hydrogen) atoms. The Morgan fingerprint density at radius 2 is 2.11 bits per heavy atom. The van der Waals surface area contributed by atoms with Crippen molar-refractivity contribution in [2.45, 2.75) is 0 Å². The zero-order chi connectivity index (χ0) is 13.0. The van der Waals surface area contributed by atoms with E-state index in [2.05, 4.69) is 4.98 Å². The molecule has 0 saturated carbocycles. The summed E-state index contributed by atoms with van der Waals surface area (Å²) in [5.74, 6) is 0.0545. The van der Waals surface area contributed by atoms with Crippen molar-refractivity contribution < 1.29 is 4.79 Å². The number of nitrogen functional groups attached to an aromatic ring is 1. The highest BCUT2D eigenvalue weighted by atomic mass is 35.5. The molecule has 2 aromatic rings. The van der Waals surface area contributed by atoms with E-state index in [0.717, 1.165) is 5.56 Å². The highest BCUT2D eigenvalue weighted by Crippen LogP contribution is 2.13. The van der Waals surface area contributed by atoms with E-state index in [1.54, 1.807) is 36.5 Å². The number of carbonyl (C=O) groups is 1. The van der Waals surface area contributed by atoms with Crippen molar-refractivity contribution in [3.8, 4) is 0 Å². The molecular weight excluding hydrogens is 248 g/mol. The molecule has 0 unspecified atom stereocenters. The molecule has 2 rings (SSSR count). The Bertz CT molecular complexity index is 608. The highest BCUT2D eigenvalue weighted by Gasteiger charge is 2.05. The van der Waals surface area contributed by atoms with Crippen LogP contribution < -0.4 is 5.73 Å². The summed E-state index contributed by atoms with van der Waals surface area (Å²) in [7, 11) is 0. The molecule has 90 valence electrons. The lowest BCUT2D eigenvalue weighted by atomic mass is 10.1. The normalized spacial score (nSPS) is 10.7. The van der Waals surface area contributed by atoms with Crippen LogP contribution in [0.1, 0.15) is 15.9 Å². The SMILES string of the molecule is Nc1ncccc1C(=O)/C=C/c1cccc(Cl)c1. The fourth-order valence-electron chi connectivity index (χ4n) is 1.50. The summed E-state index contributed by atoms with van der Waals surface area (Å²) in [5.41, 5.74) is 6.89. The molecule has 3 nitrogen and oxygen atoms in total. The number of hydrogen-bond donors (Lipinski definition) is 1. The van der Waals surface area contributed by atoms with Crippen LogP contribution in [0.15, 0.2) is 48.7 Å². The maximum absolute atomic E-state index is 11.9. The molecule has 1 aromatic carbocycles. The van der Waals surface area contributed by atoms with E-state index < -0.39 is 0 Å². The smallest absolute Gasteiger partial charge is 0.189 e. The van der Waals surface area contributed by atoms with Crippen molar-refractivity contribution in [1.29, 1.82) is 0 Å². The minimum Gasteiger partial charge on any atom is -0.383 e. The quantitative estimate of drug-likeness (QED) is 0.679.